The summed E-state index contributed by atoms with van der Waals surface area (Å²) < 4.78 is 23.3. The Morgan fingerprint density at radius 3 is 1.92 bits per heavy atom. The van der Waals surface area contributed by atoms with E-state index < -0.39 is 14.9 Å². The zero-order valence-electron chi connectivity index (χ0n) is 13.7. The molecule has 0 atom stereocenters. The van der Waals surface area contributed by atoms with Crippen molar-refractivity contribution in [3.8, 4) is 0 Å². The van der Waals surface area contributed by atoms with E-state index in [1.54, 1.807) is 24.3 Å². The maximum atomic E-state index is 11.7. The Bertz CT molecular complexity index is 834. The van der Waals surface area contributed by atoms with E-state index in [0.29, 0.717) is 19.3 Å². The Balaban J connectivity index is 2.47. The number of sulfonamides is 1. The molecule has 0 saturated heterocycles. The van der Waals surface area contributed by atoms with Gasteiger partial charge in [0.1, 0.15) is 0 Å². The van der Waals surface area contributed by atoms with Gasteiger partial charge in [-0.05, 0) is 53.6 Å². The molecule has 6 nitrogen and oxygen atoms in total. The van der Waals surface area contributed by atoms with Crippen LogP contribution in [0.3, 0.4) is 0 Å². The number of nitrogens with zero attached hydrogens (tertiary/aromatic N) is 1. The molecule has 0 radical (unpaired) electrons. The first-order valence-corrected chi connectivity index (χ1v) is 9.21. The topological polar surface area (TPSA) is 103 Å². The standard InChI is InChI=1S/C17H20N2O4S/c1-3-13-10-16(24(18,22)23)11-14(4-2)17(13)9-12-5-7-15(8-6-12)19(20)21/h5-8,10-11H,3-4,9H2,1-2H3,(H2,18,22,23). The third-order valence-electron chi connectivity index (χ3n) is 4.03. The lowest BCUT2D eigenvalue weighted by Gasteiger charge is -2.15. The maximum Gasteiger partial charge on any atom is 0.269 e. The van der Waals surface area contributed by atoms with Crippen molar-refractivity contribution in [1.82, 2.24) is 0 Å². The number of nitro benzene ring substituents is 1. The molecule has 24 heavy (non-hydrogen) atoms. The van der Waals surface area contributed by atoms with Gasteiger partial charge in [-0.3, -0.25) is 10.1 Å². The van der Waals surface area contributed by atoms with Gasteiger partial charge in [0.15, 0.2) is 0 Å². The summed E-state index contributed by atoms with van der Waals surface area (Å²) in [6.07, 6.45) is 1.95. The predicted molar refractivity (Wildman–Crippen MR) is 92.5 cm³/mol. The van der Waals surface area contributed by atoms with E-state index in [0.717, 1.165) is 22.3 Å². The number of hydrogen-bond acceptors (Lipinski definition) is 4. The van der Waals surface area contributed by atoms with Crippen molar-refractivity contribution < 1.29 is 13.3 Å². The van der Waals surface area contributed by atoms with Crippen molar-refractivity contribution in [3.05, 3.63) is 68.8 Å². The van der Waals surface area contributed by atoms with Gasteiger partial charge in [-0.2, -0.15) is 0 Å². The summed E-state index contributed by atoms with van der Waals surface area (Å²) >= 11 is 0. The van der Waals surface area contributed by atoms with Gasteiger partial charge in [-0.15, -0.1) is 0 Å². The Morgan fingerprint density at radius 2 is 1.54 bits per heavy atom. The van der Waals surface area contributed by atoms with E-state index in [1.807, 2.05) is 13.8 Å². The molecule has 0 aliphatic heterocycles. The summed E-state index contributed by atoms with van der Waals surface area (Å²) in [6.45, 7) is 3.92. The van der Waals surface area contributed by atoms with Crippen molar-refractivity contribution in [1.29, 1.82) is 0 Å². The molecule has 2 aromatic carbocycles. The lowest BCUT2D eigenvalue weighted by molar-refractivity contribution is -0.384. The fourth-order valence-corrected chi connectivity index (χ4v) is 3.34. The molecular weight excluding hydrogens is 328 g/mol. The monoisotopic (exact) mass is 348 g/mol. The number of nitro groups is 1. The Morgan fingerprint density at radius 1 is 1.04 bits per heavy atom. The second-order valence-corrected chi connectivity index (χ2v) is 7.13. The van der Waals surface area contributed by atoms with Crippen LogP contribution in [-0.2, 0) is 29.3 Å². The highest BCUT2D eigenvalue weighted by atomic mass is 32.2. The Kier molecular flexibility index (Phi) is 5.36. The number of rotatable bonds is 6. The van der Waals surface area contributed by atoms with Crippen molar-refractivity contribution in [2.75, 3.05) is 0 Å². The average molecular weight is 348 g/mol. The molecule has 0 fully saturated rings. The van der Waals surface area contributed by atoms with E-state index in [-0.39, 0.29) is 10.6 Å². The van der Waals surface area contributed by atoms with Crippen LogP contribution < -0.4 is 5.14 Å². The summed E-state index contributed by atoms with van der Waals surface area (Å²) in [5.41, 5.74) is 3.90. The number of hydrogen-bond donors (Lipinski definition) is 1. The molecule has 0 unspecified atom stereocenters. The van der Waals surface area contributed by atoms with Gasteiger partial charge in [0.05, 0.1) is 9.82 Å². The molecule has 0 heterocycles. The highest BCUT2D eigenvalue weighted by Crippen LogP contribution is 2.25. The van der Waals surface area contributed by atoms with E-state index in [2.05, 4.69) is 0 Å². The second-order valence-electron chi connectivity index (χ2n) is 5.57. The Hall–Kier alpha value is -2.25. The van der Waals surface area contributed by atoms with E-state index in [1.165, 1.54) is 12.1 Å². The summed E-state index contributed by atoms with van der Waals surface area (Å²) in [5, 5.41) is 16.0. The molecule has 0 bridgehead atoms. The molecule has 0 amide bonds. The van der Waals surface area contributed by atoms with Crippen molar-refractivity contribution in [2.45, 2.75) is 38.0 Å². The fourth-order valence-electron chi connectivity index (χ4n) is 2.73. The minimum Gasteiger partial charge on any atom is -0.258 e. The molecule has 128 valence electrons. The summed E-state index contributed by atoms with van der Waals surface area (Å²) in [6, 6.07) is 9.65. The first kappa shape index (κ1) is 18.1. The van der Waals surface area contributed by atoms with Gasteiger partial charge in [-0.25, -0.2) is 13.6 Å². The van der Waals surface area contributed by atoms with Crippen LogP contribution in [0, 0.1) is 10.1 Å². The summed E-state index contributed by atoms with van der Waals surface area (Å²) in [4.78, 5) is 10.4. The van der Waals surface area contributed by atoms with Crippen LogP contribution >= 0.6 is 0 Å². The molecule has 0 saturated carbocycles. The average Bonchev–Trinajstić information content (AvgIpc) is 2.54. The molecule has 0 aliphatic carbocycles. The van der Waals surface area contributed by atoms with Crippen molar-refractivity contribution >= 4 is 15.7 Å². The van der Waals surface area contributed by atoms with Crippen LogP contribution in [0.25, 0.3) is 0 Å². The van der Waals surface area contributed by atoms with Gasteiger partial charge < -0.3 is 0 Å². The van der Waals surface area contributed by atoms with Gasteiger partial charge in [-0.1, -0.05) is 26.0 Å². The molecule has 0 aliphatic rings. The van der Waals surface area contributed by atoms with E-state index in [9.17, 15) is 18.5 Å². The van der Waals surface area contributed by atoms with Gasteiger partial charge in [0, 0.05) is 12.1 Å². The summed E-state index contributed by atoms with van der Waals surface area (Å²) in [5.74, 6) is 0. The predicted octanol–water partition coefficient (Wildman–Crippen LogP) is 2.96. The van der Waals surface area contributed by atoms with Crippen molar-refractivity contribution in [2.24, 2.45) is 5.14 Å². The largest absolute Gasteiger partial charge is 0.269 e. The minimum atomic E-state index is -3.75. The van der Waals surface area contributed by atoms with Crippen LogP contribution in [-0.4, -0.2) is 13.3 Å². The number of primary sulfonamides is 1. The molecule has 0 spiro atoms. The molecule has 7 heteroatoms. The van der Waals surface area contributed by atoms with Crippen LogP contribution in [0.5, 0.6) is 0 Å². The van der Waals surface area contributed by atoms with Crippen LogP contribution in [0.1, 0.15) is 36.1 Å². The summed E-state index contributed by atoms with van der Waals surface area (Å²) in [7, 11) is -3.75. The highest BCUT2D eigenvalue weighted by molar-refractivity contribution is 7.89. The minimum absolute atomic E-state index is 0.0507. The first-order chi connectivity index (χ1) is 11.3. The molecule has 2 aromatic rings. The molecule has 2 N–H and O–H groups in total. The van der Waals surface area contributed by atoms with Crippen LogP contribution in [0.4, 0.5) is 5.69 Å². The van der Waals surface area contributed by atoms with Gasteiger partial charge >= 0.3 is 0 Å². The SMILES string of the molecule is CCc1cc(S(N)(=O)=O)cc(CC)c1Cc1ccc([N+](=O)[O-])cc1. The van der Waals surface area contributed by atoms with Gasteiger partial charge in [0.25, 0.3) is 5.69 Å². The highest BCUT2D eigenvalue weighted by Gasteiger charge is 2.15. The third kappa shape index (κ3) is 3.98. The third-order valence-corrected chi connectivity index (χ3v) is 4.92. The number of nitrogens with two attached hydrogens (primary N) is 1. The van der Waals surface area contributed by atoms with Gasteiger partial charge in [0.2, 0.25) is 10.0 Å². The molecule has 2 rings (SSSR count). The quantitative estimate of drug-likeness (QED) is 0.640. The number of non-ortho nitro benzene ring substituents is 1. The number of aryl methyl sites for hydroxylation is 2. The lowest BCUT2D eigenvalue weighted by atomic mass is 9.92. The zero-order chi connectivity index (χ0) is 17.9. The van der Waals surface area contributed by atoms with Crippen molar-refractivity contribution in [3.63, 3.8) is 0 Å². The Labute approximate surface area is 141 Å². The van der Waals surface area contributed by atoms with E-state index in [4.69, 9.17) is 5.14 Å². The number of benzene rings is 2. The van der Waals surface area contributed by atoms with Crippen LogP contribution in [0.2, 0.25) is 0 Å². The second kappa shape index (κ2) is 7.11. The smallest absolute Gasteiger partial charge is 0.258 e. The van der Waals surface area contributed by atoms with E-state index >= 15 is 0 Å². The maximum absolute atomic E-state index is 11.7. The normalized spacial score (nSPS) is 11.5. The first-order valence-electron chi connectivity index (χ1n) is 7.67. The molecular formula is C17H20N2O4S. The lowest BCUT2D eigenvalue weighted by Crippen LogP contribution is -2.14. The van der Waals surface area contributed by atoms with Crippen LogP contribution in [0.15, 0.2) is 41.3 Å². The zero-order valence-corrected chi connectivity index (χ0v) is 14.5. The fraction of sp³-hybridized carbons (Fsp3) is 0.294. The molecule has 0 aromatic heterocycles.